The predicted molar refractivity (Wildman–Crippen MR) is 79.9 cm³/mol. The number of piperidine rings is 1. The van der Waals surface area contributed by atoms with Crippen LogP contribution in [0.25, 0.3) is 11.0 Å². The van der Waals surface area contributed by atoms with Crippen molar-refractivity contribution in [3.05, 3.63) is 22.2 Å². The Balaban J connectivity index is 1.79. The average Bonchev–Trinajstić information content (AvgIpc) is 3.02. The van der Waals surface area contributed by atoms with Crippen LogP contribution in [-0.2, 0) is 4.74 Å². The summed E-state index contributed by atoms with van der Waals surface area (Å²) < 4.78 is 9.84. The Bertz CT molecular complexity index is 664. The summed E-state index contributed by atoms with van der Waals surface area (Å²) in [5.41, 5.74) is 1.45. The summed E-state index contributed by atoms with van der Waals surface area (Å²) in [7, 11) is 1.72. The number of nitrogens with zero attached hydrogens (tertiary/aromatic N) is 4. The molecule has 8 heteroatoms. The van der Waals surface area contributed by atoms with Crippen molar-refractivity contribution in [3.8, 4) is 0 Å². The van der Waals surface area contributed by atoms with Gasteiger partial charge in [0.1, 0.15) is 0 Å². The van der Waals surface area contributed by atoms with Gasteiger partial charge in [0.2, 0.25) is 5.52 Å². The first-order chi connectivity index (χ1) is 10.7. The number of rotatable bonds is 5. The molecule has 1 aromatic carbocycles. The second-order valence-electron chi connectivity index (χ2n) is 5.53. The lowest BCUT2D eigenvalue weighted by Gasteiger charge is -2.33. The molecule has 22 heavy (non-hydrogen) atoms. The van der Waals surface area contributed by atoms with Gasteiger partial charge < -0.3 is 9.64 Å². The summed E-state index contributed by atoms with van der Waals surface area (Å²) in [4.78, 5) is 12.7. The summed E-state index contributed by atoms with van der Waals surface area (Å²) >= 11 is 0. The highest BCUT2D eigenvalue weighted by atomic mass is 16.6. The molecule has 1 aliphatic heterocycles. The van der Waals surface area contributed by atoms with E-state index in [0.29, 0.717) is 11.4 Å². The van der Waals surface area contributed by atoms with Crippen molar-refractivity contribution in [1.29, 1.82) is 0 Å². The summed E-state index contributed by atoms with van der Waals surface area (Å²) in [5, 5.41) is 18.5. The fourth-order valence-corrected chi connectivity index (χ4v) is 2.99. The molecule has 0 radical (unpaired) electrons. The van der Waals surface area contributed by atoms with Gasteiger partial charge in [-0.15, -0.1) is 0 Å². The van der Waals surface area contributed by atoms with Gasteiger partial charge in [-0.05, 0) is 41.6 Å². The van der Waals surface area contributed by atoms with E-state index in [1.54, 1.807) is 13.2 Å². The van der Waals surface area contributed by atoms with Crippen LogP contribution in [0.15, 0.2) is 16.8 Å². The Hall–Kier alpha value is -2.22. The second kappa shape index (κ2) is 6.27. The number of ether oxygens (including phenoxy) is 1. The minimum absolute atomic E-state index is 0.0741. The summed E-state index contributed by atoms with van der Waals surface area (Å²) in [5.74, 6) is 0.667. The molecule has 0 bridgehead atoms. The van der Waals surface area contributed by atoms with E-state index in [2.05, 4.69) is 15.2 Å². The standard InChI is InChI=1S/C14H18N4O4/c1-21-9-6-10-4-7-17(8-5-10)11-2-3-12(18(19)20)14-13(11)15-22-16-14/h2-3,10H,4-9H2,1H3. The SMILES string of the molecule is COCCC1CCN(c2ccc([N+](=O)[O-])c3nonc23)CC1. The molecule has 1 aromatic heterocycles. The number of hydrogen-bond donors (Lipinski definition) is 0. The monoisotopic (exact) mass is 306 g/mol. The van der Waals surface area contributed by atoms with Crippen LogP contribution in [0.3, 0.4) is 0 Å². The molecule has 8 nitrogen and oxygen atoms in total. The summed E-state index contributed by atoms with van der Waals surface area (Å²) in [6.45, 7) is 2.59. The Morgan fingerprint density at radius 1 is 1.36 bits per heavy atom. The molecule has 0 unspecified atom stereocenters. The van der Waals surface area contributed by atoms with Crippen LogP contribution < -0.4 is 4.90 Å². The number of benzene rings is 1. The molecule has 1 aliphatic rings. The summed E-state index contributed by atoms with van der Waals surface area (Å²) in [6.07, 6.45) is 3.23. The van der Waals surface area contributed by atoms with Crippen LogP contribution in [0.2, 0.25) is 0 Å². The molecule has 118 valence electrons. The third-order valence-corrected chi connectivity index (χ3v) is 4.25. The molecular weight excluding hydrogens is 288 g/mol. The van der Waals surface area contributed by atoms with Crippen LogP contribution in [0, 0.1) is 16.0 Å². The molecular formula is C14H18N4O4. The number of non-ortho nitro benzene ring substituents is 1. The van der Waals surface area contributed by atoms with Crippen molar-refractivity contribution < 1.29 is 14.3 Å². The number of anilines is 1. The molecule has 2 heterocycles. The molecule has 0 aliphatic carbocycles. The van der Waals surface area contributed by atoms with E-state index in [1.807, 2.05) is 0 Å². The quantitative estimate of drug-likeness (QED) is 0.618. The number of methoxy groups -OCH3 is 1. The largest absolute Gasteiger partial charge is 0.385 e. The maximum atomic E-state index is 11.0. The molecule has 0 amide bonds. The number of nitro benzene ring substituents is 1. The molecule has 2 aromatic rings. The van der Waals surface area contributed by atoms with Crippen molar-refractivity contribution in [2.75, 3.05) is 31.7 Å². The van der Waals surface area contributed by atoms with Crippen LogP contribution in [0.1, 0.15) is 19.3 Å². The minimum Gasteiger partial charge on any atom is -0.385 e. The van der Waals surface area contributed by atoms with Gasteiger partial charge in [0, 0.05) is 32.9 Å². The Morgan fingerprint density at radius 3 is 2.77 bits per heavy atom. The van der Waals surface area contributed by atoms with E-state index in [0.717, 1.165) is 44.6 Å². The summed E-state index contributed by atoms with van der Waals surface area (Å²) in [6, 6.07) is 3.21. The predicted octanol–water partition coefficient (Wildman–Crippen LogP) is 2.38. The van der Waals surface area contributed by atoms with Gasteiger partial charge in [-0.2, -0.15) is 0 Å². The molecule has 0 saturated carbocycles. The van der Waals surface area contributed by atoms with E-state index >= 15 is 0 Å². The van der Waals surface area contributed by atoms with Crippen LogP contribution in [0.4, 0.5) is 11.4 Å². The highest BCUT2D eigenvalue weighted by Crippen LogP contribution is 2.33. The lowest BCUT2D eigenvalue weighted by molar-refractivity contribution is -0.383. The van der Waals surface area contributed by atoms with Crippen LogP contribution >= 0.6 is 0 Å². The maximum absolute atomic E-state index is 11.0. The fourth-order valence-electron chi connectivity index (χ4n) is 2.99. The first-order valence-corrected chi connectivity index (χ1v) is 7.34. The molecule has 0 N–H and O–H groups in total. The van der Waals surface area contributed by atoms with E-state index < -0.39 is 4.92 Å². The Labute approximate surface area is 127 Å². The Kier molecular flexibility index (Phi) is 4.19. The number of hydrogen-bond acceptors (Lipinski definition) is 7. The second-order valence-corrected chi connectivity index (χ2v) is 5.53. The lowest BCUT2D eigenvalue weighted by Crippen LogP contribution is -2.34. The maximum Gasteiger partial charge on any atom is 0.300 e. The highest BCUT2D eigenvalue weighted by Gasteiger charge is 2.25. The molecule has 3 rings (SSSR count). The Morgan fingerprint density at radius 2 is 2.09 bits per heavy atom. The van der Waals surface area contributed by atoms with Gasteiger partial charge in [-0.3, -0.25) is 10.1 Å². The average molecular weight is 306 g/mol. The topological polar surface area (TPSA) is 94.5 Å². The van der Waals surface area contributed by atoms with Crippen molar-refractivity contribution in [3.63, 3.8) is 0 Å². The first-order valence-electron chi connectivity index (χ1n) is 7.34. The third kappa shape index (κ3) is 2.74. The lowest BCUT2D eigenvalue weighted by atomic mass is 9.93. The van der Waals surface area contributed by atoms with Crippen LogP contribution in [-0.4, -0.2) is 42.0 Å². The third-order valence-electron chi connectivity index (χ3n) is 4.25. The van der Waals surface area contributed by atoms with Gasteiger partial charge >= 0.3 is 5.69 Å². The van der Waals surface area contributed by atoms with Crippen molar-refractivity contribution in [2.45, 2.75) is 19.3 Å². The van der Waals surface area contributed by atoms with E-state index in [4.69, 9.17) is 9.37 Å². The number of aromatic nitrogens is 2. The van der Waals surface area contributed by atoms with Gasteiger partial charge in [0.15, 0.2) is 5.52 Å². The first kappa shape index (κ1) is 14.7. The smallest absolute Gasteiger partial charge is 0.300 e. The van der Waals surface area contributed by atoms with Crippen molar-refractivity contribution in [2.24, 2.45) is 5.92 Å². The fraction of sp³-hybridized carbons (Fsp3) is 0.571. The zero-order valence-electron chi connectivity index (χ0n) is 12.4. The van der Waals surface area contributed by atoms with Gasteiger partial charge in [-0.25, -0.2) is 4.63 Å². The highest BCUT2D eigenvalue weighted by molar-refractivity contribution is 5.93. The molecule has 0 spiro atoms. The molecule has 0 atom stereocenters. The normalized spacial score (nSPS) is 16.3. The van der Waals surface area contributed by atoms with E-state index in [1.165, 1.54) is 6.07 Å². The minimum atomic E-state index is -0.465. The zero-order valence-corrected chi connectivity index (χ0v) is 12.4. The van der Waals surface area contributed by atoms with Gasteiger partial charge in [0.05, 0.1) is 10.6 Å². The molecule has 1 fully saturated rings. The zero-order chi connectivity index (χ0) is 15.5. The van der Waals surface area contributed by atoms with E-state index in [9.17, 15) is 10.1 Å². The van der Waals surface area contributed by atoms with Crippen LogP contribution in [0.5, 0.6) is 0 Å². The molecule has 1 saturated heterocycles. The number of nitro groups is 1. The van der Waals surface area contributed by atoms with Gasteiger partial charge in [-0.1, -0.05) is 0 Å². The van der Waals surface area contributed by atoms with Crippen molar-refractivity contribution >= 4 is 22.4 Å². The number of fused-ring (bicyclic) bond motifs is 1. The van der Waals surface area contributed by atoms with Crippen molar-refractivity contribution in [1.82, 2.24) is 10.3 Å². The van der Waals surface area contributed by atoms with E-state index in [-0.39, 0.29) is 11.2 Å². The van der Waals surface area contributed by atoms with Gasteiger partial charge in [0.25, 0.3) is 0 Å².